The summed E-state index contributed by atoms with van der Waals surface area (Å²) < 4.78 is 6.28. The van der Waals surface area contributed by atoms with Gasteiger partial charge in [0.1, 0.15) is 5.71 Å². The lowest BCUT2D eigenvalue weighted by atomic mass is 9.89. The first-order valence-electron chi connectivity index (χ1n) is 13.0. The average Bonchev–Trinajstić information content (AvgIpc) is 3.26. The Morgan fingerprint density at radius 3 is 2.42 bits per heavy atom. The second kappa shape index (κ2) is 12.1. The van der Waals surface area contributed by atoms with Crippen molar-refractivity contribution in [2.24, 2.45) is 11.0 Å². The van der Waals surface area contributed by atoms with Gasteiger partial charge in [-0.05, 0) is 54.3 Å². The van der Waals surface area contributed by atoms with Crippen LogP contribution >= 0.6 is 34.8 Å². The predicted octanol–water partition coefficient (Wildman–Crippen LogP) is 7.84. The molecule has 38 heavy (non-hydrogen) atoms. The fraction of sp³-hybridized carbons (Fsp3) is 0.333. The Morgan fingerprint density at radius 1 is 0.974 bits per heavy atom. The van der Waals surface area contributed by atoms with E-state index in [0.717, 1.165) is 36.8 Å². The lowest BCUT2D eigenvalue weighted by molar-refractivity contribution is -0.117. The lowest BCUT2D eigenvalue weighted by Crippen LogP contribution is -2.49. The first-order valence-corrected chi connectivity index (χ1v) is 14.1. The van der Waals surface area contributed by atoms with Crippen molar-refractivity contribution in [2.75, 3.05) is 5.01 Å². The van der Waals surface area contributed by atoms with Crippen molar-refractivity contribution >= 4 is 52.1 Å². The monoisotopic (exact) mass is 569 g/mol. The van der Waals surface area contributed by atoms with E-state index in [2.05, 4.69) is 17.4 Å². The number of amides is 1. The van der Waals surface area contributed by atoms with Crippen LogP contribution in [0.1, 0.15) is 49.8 Å². The van der Waals surface area contributed by atoms with E-state index in [-0.39, 0.29) is 30.0 Å². The highest BCUT2D eigenvalue weighted by atomic mass is 35.5. The lowest BCUT2D eigenvalue weighted by Gasteiger charge is -2.32. The van der Waals surface area contributed by atoms with Crippen LogP contribution in [0.15, 0.2) is 77.9 Å². The van der Waals surface area contributed by atoms with Crippen molar-refractivity contribution < 1.29 is 9.53 Å². The number of hydrogen-bond acceptors (Lipinski definition) is 4. The highest BCUT2D eigenvalue weighted by Gasteiger charge is 2.41. The third kappa shape index (κ3) is 6.02. The molecular formula is C30H30Cl3N3O2. The molecule has 1 heterocycles. The van der Waals surface area contributed by atoms with Crippen LogP contribution in [0.5, 0.6) is 0 Å². The number of nitrogens with zero attached hydrogens (tertiary/aromatic N) is 2. The molecule has 4 atom stereocenters. The molecule has 2 aliphatic rings. The van der Waals surface area contributed by atoms with Crippen LogP contribution in [0, 0.1) is 5.92 Å². The largest absolute Gasteiger partial charge is 0.371 e. The Kier molecular flexibility index (Phi) is 8.59. The zero-order valence-electron chi connectivity index (χ0n) is 21.1. The maximum atomic E-state index is 13.7. The fourth-order valence-corrected chi connectivity index (χ4v) is 5.95. The van der Waals surface area contributed by atoms with E-state index >= 15 is 0 Å². The minimum absolute atomic E-state index is 0.0425. The summed E-state index contributed by atoms with van der Waals surface area (Å²) >= 11 is 18.9. The summed E-state index contributed by atoms with van der Waals surface area (Å²) in [5, 5.41) is 11.6. The molecule has 0 aromatic heterocycles. The normalized spacial score (nSPS) is 23.3. The third-order valence-electron chi connectivity index (χ3n) is 7.31. The third-order valence-corrected chi connectivity index (χ3v) is 8.10. The number of rotatable bonds is 7. The Bertz CT molecular complexity index is 1300. The number of benzene rings is 3. The molecule has 1 amide bonds. The zero-order chi connectivity index (χ0) is 26.6. The Balaban J connectivity index is 1.38. The SMILES string of the molecule is C[C@H]1C(C(=O)NC2CCCC[C@H]2OCc2ccccc2)=NN(c2ccc(Cl)cc2Cl)[C@H]1c1ccc(Cl)cc1. The molecule has 1 N–H and O–H groups in total. The Labute approximate surface area is 238 Å². The summed E-state index contributed by atoms with van der Waals surface area (Å²) in [6.07, 6.45) is 3.89. The van der Waals surface area contributed by atoms with E-state index in [9.17, 15) is 4.79 Å². The van der Waals surface area contributed by atoms with Gasteiger partial charge in [-0.15, -0.1) is 0 Å². The van der Waals surface area contributed by atoms with Crippen LogP contribution in [0.3, 0.4) is 0 Å². The molecule has 198 valence electrons. The number of carbonyl (C=O) groups is 1. The van der Waals surface area contributed by atoms with Crippen LogP contribution in [-0.4, -0.2) is 23.8 Å². The number of hydrogen-bond donors (Lipinski definition) is 1. The number of anilines is 1. The summed E-state index contributed by atoms with van der Waals surface area (Å²) in [6, 6.07) is 22.7. The molecule has 5 nitrogen and oxygen atoms in total. The molecule has 1 saturated carbocycles. The van der Waals surface area contributed by atoms with E-state index < -0.39 is 0 Å². The minimum atomic E-state index is -0.233. The van der Waals surface area contributed by atoms with Gasteiger partial charge in [-0.1, -0.05) is 97.0 Å². The van der Waals surface area contributed by atoms with Gasteiger partial charge in [-0.2, -0.15) is 5.10 Å². The van der Waals surface area contributed by atoms with Gasteiger partial charge in [0.25, 0.3) is 5.91 Å². The van der Waals surface area contributed by atoms with Crippen molar-refractivity contribution in [1.82, 2.24) is 5.32 Å². The summed E-state index contributed by atoms with van der Waals surface area (Å²) in [7, 11) is 0. The summed E-state index contributed by atoms with van der Waals surface area (Å²) in [5.74, 6) is -0.376. The van der Waals surface area contributed by atoms with Crippen molar-refractivity contribution in [2.45, 2.75) is 57.4 Å². The first-order chi connectivity index (χ1) is 18.4. The standard InChI is InChI=1S/C30H30Cl3N3O2/c1-19-28(30(37)34-25-9-5-6-10-27(25)38-18-20-7-3-2-4-8-20)35-36(26-16-15-23(32)17-24(26)33)29(19)21-11-13-22(31)14-12-21/h2-4,7-8,11-17,19,25,27,29H,5-6,9-10,18H2,1H3,(H,34,37)/t19-,25?,27+,29+/m0/s1. The van der Waals surface area contributed by atoms with Crippen LogP contribution in [0.25, 0.3) is 0 Å². The molecule has 1 aliphatic carbocycles. The molecule has 3 aromatic carbocycles. The quantitative estimate of drug-likeness (QED) is 0.315. The fourth-order valence-electron chi connectivity index (χ4n) is 5.32. The molecular weight excluding hydrogens is 541 g/mol. The maximum absolute atomic E-state index is 13.7. The molecule has 3 aromatic rings. The van der Waals surface area contributed by atoms with Crippen LogP contribution in [-0.2, 0) is 16.1 Å². The minimum Gasteiger partial charge on any atom is -0.371 e. The van der Waals surface area contributed by atoms with Crippen LogP contribution < -0.4 is 10.3 Å². The van der Waals surface area contributed by atoms with Gasteiger partial charge in [0.2, 0.25) is 0 Å². The van der Waals surface area contributed by atoms with Gasteiger partial charge in [0.05, 0.1) is 35.5 Å². The van der Waals surface area contributed by atoms with Crippen molar-refractivity contribution in [3.05, 3.63) is 99.0 Å². The Morgan fingerprint density at radius 2 is 1.68 bits per heavy atom. The molecule has 8 heteroatoms. The second-order valence-corrected chi connectivity index (χ2v) is 11.2. The van der Waals surface area contributed by atoms with Gasteiger partial charge in [0.15, 0.2) is 0 Å². The molecule has 0 bridgehead atoms. The van der Waals surface area contributed by atoms with E-state index in [1.165, 1.54) is 0 Å². The number of halogens is 3. The highest BCUT2D eigenvalue weighted by molar-refractivity contribution is 6.41. The summed E-state index contributed by atoms with van der Waals surface area (Å²) in [4.78, 5) is 13.7. The van der Waals surface area contributed by atoms with Crippen LogP contribution in [0.4, 0.5) is 5.69 Å². The zero-order valence-corrected chi connectivity index (χ0v) is 23.4. The van der Waals surface area contributed by atoms with Crippen molar-refractivity contribution in [3.63, 3.8) is 0 Å². The molecule has 5 rings (SSSR count). The van der Waals surface area contributed by atoms with E-state index in [0.29, 0.717) is 33.1 Å². The second-order valence-electron chi connectivity index (χ2n) is 9.91. The van der Waals surface area contributed by atoms with E-state index in [1.807, 2.05) is 60.5 Å². The van der Waals surface area contributed by atoms with Gasteiger partial charge in [0, 0.05) is 16.0 Å². The van der Waals surface area contributed by atoms with Gasteiger partial charge in [-0.3, -0.25) is 9.80 Å². The maximum Gasteiger partial charge on any atom is 0.268 e. The molecule has 0 saturated heterocycles. The molecule has 0 radical (unpaired) electrons. The Hall–Kier alpha value is -2.57. The van der Waals surface area contributed by atoms with E-state index in [4.69, 9.17) is 44.6 Å². The number of carbonyl (C=O) groups excluding carboxylic acids is 1. The van der Waals surface area contributed by atoms with E-state index in [1.54, 1.807) is 12.1 Å². The smallest absolute Gasteiger partial charge is 0.268 e. The number of hydrazone groups is 1. The number of ether oxygens (including phenoxy) is 1. The summed E-state index contributed by atoms with van der Waals surface area (Å²) in [6.45, 7) is 2.54. The highest BCUT2D eigenvalue weighted by Crippen LogP contribution is 2.42. The van der Waals surface area contributed by atoms with Crippen molar-refractivity contribution in [1.29, 1.82) is 0 Å². The van der Waals surface area contributed by atoms with Crippen LogP contribution in [0.2, 0.25) is 15.1 Å². The van der Waals surface area contributed by atoms with Gasteiger partial charge < -0.3 is 10.1 Å². The molecule has 1 aliphatic heterocycles. The van der Waals surface area contributed by atoms with Gasteiger partial charge in [-0.25, -0.2) is 0 Å². The topological polar surface area (TPSA) is 53.9 Å². The summed E-state index contributed by atoms with van der Waals surface area (Å²) in [5.41, 5.74) is 3.26. The molecule has 1 unspecified atom stereocenters. The average molecular weight is 571 g/mol. The predicted molar refractivity (Wildman–Crippen MR) is 155 cm³/mol. The molecule has 0 spiro atoms. The van der Waals surface area contributed by atoms with Gasteiger partial charge >= 0.3 is 0 Å². The number of nitrogens with one attached hydrogen (secondary N) is 1. The molecule has 1 fully saturated rings. The van der Waals surface area contributed by atoms with Crippen molar-refractivity contribution in [3.8, 4) is 0 Å². The first kappa shape index (κ1) is 27.0.